The number of halogens is 1. The summed E-state index contributed by atoms with van der Waals surface area (Å²) in [4.78, 5) is 24.7. The Balaban J connectivity index is 2.35. The van der Waals surface area contributed by atoms with Crippen LogP contribution in [0.1, 0.15) is 25.0 Å². The second kappa shape index (κ2) is 8.99. The van der Waals surface area contributed by atoms with Gasteiger partial charge in [-0.05, 0) is 30.9 Å². The molecule has 1 aromatic carbocycles. The lowest BCUT2D eigenvalue weighted by molar-refractivity contribution is -0.137. The van der Waals surface area contributed by atoms with E-state index in [-0.39, 0.29) is 28.4 Å². The van der Waals surface area contributed by atoms with E-state index in [0.29, 0.717) is 5.16 Å². The number of nitrogens with zero attached hydrogens (tertiary/aromatic N) is 4. The monoisotopic (exact) mass is 428 g/mol. The van der Waals surface area contributed by atoms with Crippen molar-refractivity contribution < 1.29 is 9.53 Å². The van der Waals surface area contributed by atoms with Crippen molar-refractivity contribution >= 4 is 41.1 Å². The number of hydrogen-bond donors (Lipinski definition) is 0. The van der Waals surface area contributed by atoms with Gasteiger partial charge in [-0.2, -0.15) is 9.78 Å². The molecular formula is C20H17ClN4O3S. The number of thioether (sulfide) groups is 1. The molecule has 0 N–H and O–H groups in total. The van der Waals surface area contributed by atoms with Gasteiger partial charge < -0.3 is 4.74 Å². The number of aromatic nitrogens is 3. The molecule has 3 rings (SSSR count). The number of fused-ring (bicyclic) bond motifs is 1. The van der Waals surface area contributed by atoms with Crippen molar-refractivity contribution in [2.24, 2.45) is 0 Å². The molecule has 2 heterocycles. The Hall–Kier alpha value is -3.02. The van der Waals surface area contributed by atoms with Crippen LogP contribution in [-0.4, -0.2) is 32.5 Å². The first kappa shape index (κ1) is 20.7. The van der Waals surface area contributed by atoms with Crippen molar-refractivity contribution in [3.8, 4) is 11.8 Å². The summed E-state index contributed by atoms with van der Waals surface area (Å²) in [5.74, 6) is 0.111. The molecular weight excluding hydrogens is 412 g/mol. The molecule has 0 saturated carbocycles. The number of pyridine rings is 1. The minimum atomic E-state index is -0.608. The zero-order chi connectivity index (χ0) is 21.0. The van der Waals surface area contributed by atoms with Gasteiger partial charge in [-0.3, -0.25) is 9.36 Å². The van der Waals surface area contributed by atoms with Crippen LogP contribution in [0.2, 0.25) is 5.02 Å². The highest BCUT2D eigenvalue weighted by molar-refractivity contribution is 7.99. The summed E-state index contributed by atoms with van der Waals surface area (Å²) >= 11 is 7.85. The molecule has 7 nitrogen and oxygen atoms in total. The Labute approximate surface area is 176 Å². The van der Waals surface area contributed by atoms with E-state index in [0.717, 1.165) is 22.0 Å². The first-order valence-electron chi connectivity index (χ1n) is 8.83. The molecule has 0 amide bonds. The topological polar surface area (TPSA) is 89.4 Å². The molecule has 0 aliphatic heterocycles. The molecule has 0 atom stereocenters. The van der Waals surface area contributed by atoms with Crippen LogP contribution in [0.4, 0.5) is 0 Å². The zero-order valence-electron chi connectivity index (χ0n) is 15.8. The van der Waals surface area contributed by atoms with Crippen molar-refractivity contribution in [2.75, 3.05) is 12.4 Å². The first-order chi connectivity index (χ1) is 14.0. The van der Waals surface area contributed by atoms with Crippen molar-refractivity contribution in [2.45, 2.75) is 19.0 Å². The number of ether oxygens (including phenoxy) is 1. The fourth-order valence-electron chi connectivity index (χ4n) is 2.78. The second-order valence-electron chi connectivity index (χ2n) is 5.73. The zero-order valence-corrected chi connectivity index (χ0v) is 17.3. The highest BCUT2D eigenvalue weighted by Gasteiger charge is 2.23. The second-order valence-corrected chi connectivity index (χ2v) is 7.34. The van der Waals surface area contributed by atoms with E-state index in [1.807, 2.05) is 37.3 Å². The van der Waals surface area contributed by atoms with Crippen molar-refractivity contribution in [1.29, 1.82) is 5.26 Å². The lowest BCUT2D eigenvalue weighted by atomic mass is 10.1. The van der Waals surface area contributed by atoms with Crippen LogP contribution in [0.15, 0.2) is 46.4 Å². The Morgan fingerprint density at radius 1 is 1.34 bits per heavy atom. The van der Waals surface area contributed by atoms with Crippen LogP contribution in [0.5, 0.6) is 0 Å². The van der Waals surface area contributed by atoms with E-state index in [4.69, 9.17) is 16.3 Å². The number of nitriles is 1. The van der Waals surface area contributed by atoms with E-state index in [1.54, 1.807) is 11.5 Å². The van der Waals surface area contributed by atoms with E-state index in [2.05, 4.69) is 11.2 Å². The summed E-state index contributed by atoms with van der Waals surface area (Å²) in [6, 6.07) is 11.4. The smallest absolute Gasteiger partial charge is 0.330 e. The average Bonchev–Trinajstić information content (AvgIpc) is 3.08. The molecule has 0 aliphatic carbocycles. The molecule has 0 fully saturated rings. The summed E-state index contributed by atoms with van der Waals surface area (Å²) < 4.78 is 7.72. The van der Waals surface area contributed by atoms with Gasteiger partial charge in [0.25, 0.3) is 5.56 Å². The number of hydrogen-bond acceptors (Lipinski definition) is 6. The molecule has 0 spiro atoms. The van der Waals surface area contributed by atoms with Crippen LogP contribution in [0.3, 0.4) is 0 Å². The van der Waals surface area contributed by atoms with Gasteiger partial charge in [0.15, 0.2) is 10.8 Å². The first-order valence-corrected chi connectivity index (χ1v) is 10.2. The lowest BCUT2D eigenvalue weighted by Gasteiger charge is -2.09. The summed E-state index contributed by atoms with van der Waals surface area (Å²) in [5.41, 5.74) is 0.587. The Kier molecular flexibility index (Phi) is 6.42. The predicted octanol–water partition coefficient (Wildman–Crippen LogP) is 3.70. The maximum absolute atomic E-state index is 13.1. The molecule has 3 aromatic rings. The average molecular weight is 429 g/mol. The van der Waals surface area contributed by atoms with Gasteiger partial charge in [0.2, 0.25) is 0 Å². The number of benzene rings is 1. The van der Waals surface area contributed by atoms with Crippen LogP contribution in [-0.2, 0) is 9.53 Å². The molecule has 148 valence electrons. The van der Waals surface area contributed by atoms with Crippen LogP contribution in [0.25, 0.3) is 17.4 Å². The van der Waals surface area contributed by atoms with Gasteiger partial charge in [-0.15, -0.1) is 5.10 Å². The Morgan fingerprint density at radius 2 is 2.07 bits per heavy atom. The summed E-state index contributed by atoms with van der Waals surface area (Å²) in [7, 11) is 0. The highest BCUT2D eigenvalue weighted by atomic mass is 35.5. The van der Waals surface area contributed by atoms with Gasteiger partial charge in [0, 0.05) is 11.8 Å². The van der Waals surface area contributed by atoms with Crippen molar-refractivity contribution in [3.63, 3.8) is 0 Å². The summed E-state index contributed by atoms with van der Waals surface area (Å²) in [6.45, 7) is 3.85. The van der Waals surface area contributed by atoms with Crippen molar-refractivity contribution in [3.05, 3.63) is 62.9 Å². The van der Waals surface area contributed by atoms with E-state index < -0.39 is 11.5 Å². The van der Waals surface area contributed by atoms with Crippen LogP contribution in [0, 0.1) is 11.3 Å². The molecule has 9 heteroatoms. The summed E-state index contributed by atoms with van der Waals surface area (Å²) in [5, 5.41) is 14.7. The van der Waals surface area contributed by atoms with Gasteiger partial charge in [-0.1, -0.05) is 48.5 Å². The number of para-hydroxylation sites is 1. The molecule has 0 saturated heterocycles. The van der Waals surface area contributed by atoms with E-state index in [1.165, 1.54) is 17.8 Å². The summed E-state index contributed by atoms with van der Waals surface area (Å²) in [6.07, 6.45) is 2.36. The fourth-order valence-corrected chi connectivity index (χ4v) is 3.77. The van der Waals surface area contributed by atoms with Gasteiger partial charge >= 0.3 is 5.97 Å². The molecule has 2 aromatic heterocycles. The van der Waals surface area contributed by atoms with Crippen molar-refractivity contribution in [1.82, 2.24) is 14.2 Å². The third-order valence-electron chi connectivity index (χ3n) is 3.96. The SMILES string of the molecule is CCOC(=O)/C=C/c1c(Cl)c(C#N)c2n(-c3ccccc3)c(SCC)nn2c1=O. The third-order valence-corrected chi connectivity index (χ3v) is 5.17. The van der Waals surface area contributed by atoms with Gasteiger partial charge in [-0.25, -0.2) is 4.79 Å². The molecule has 0 aliphatic rings. The van der Waals surface area contributed by atoms with Gasteiger partial charge in [0.1, 0.15) is 11.6 Å². The third kappa shape index (κ3) is 3.92. The normalized spacial score (nSPS) is 11.1. The Morgan fingerprint density at radius 3 is 2.69 bits per heavy atom. The molecule has 0 unspecified atom stereocenters. The quantitative estimate of drug-likeness (QED) is 0.338. The fraction of sp³-hybridized carbons (Fsp3) is 0.200. The molecule has 29 heavy (non-hydrogen) atoms. The van der Waals surface area contributed by atoms with Gasteiger partial charge in [0.05, 0.1) is 17.2 Å². The number of esters is 1. The number of carbonyl (C=O) groups is 1. The standard InChI is InChI=1S/C20H17ClN4O3S/c1-3-28-16(26)11-10-14-17(21)15(12-22)18-24(13-8-6-5-7-9-13)20(29-4-2)23-25(18)19(14)27/h5-11H,3-4H2,1-2H3/b11-10+. The van der Waals surface area contributed by atoms with E-state index in [9.17, 15) is 14.9 Å². The van der Waals surface area contributed by atoms with Crippen LogP contribution < -0.4 is 5.56 Å². The predicted molar refractivity (Wildman–Crippen MR) is 113 cm³/mol. The lowest BCUT2D eigenvalue weighted by Crippen LogP contribution is -2.19. The maximum Gasteiger partial charge on any atom is 0.330 e. The molecule has 0 bridgehead atoms. The minimum absolute atomic E-state index is 0.000435. The Bertz CT molecular complexity index is 1190. The molecule has 0 radical (unpaired) electrons. The minimum Gasteiger partial charge on any atom is -0.463 e. The highest BCUT2D eigenvalue weighted by Crippen LogP contribution is 2.29. The largest absolute Gasteiger partial charge is 0.463 e. The maximum atomic E-state index is 13.1. The number of carbonyl (C=O) groups excluding carboxylic acids is 1. The van der Waals surface area contributed by atoms with E-state index >= 15 is 0 Å². The van der Waals surface area contributed by atoms with Crippen LogP contribution >= 0.6 is 23.4 Å². The number of rotatable bonds is 6.